The van der Waals surface area contributed by atoms with Gasteiger partial charge in [-0.15, -0.1) is 0 Å². The number of carbonyl (C=O) groups is 2. The molecule has 3 aromatic carbocycles. The fourth-order valence-electron chi connectivity index (χ4n) is 3.20. The minimum Gasteiger partial charge on any atom is -0.361 e. The molecule has 1 heterocycles. The van der Waals surface area contributed by atoms with E-state index < -0.39 is 0 Å². The predicted molar refractivity (Wildman–Crippen MR) is 116 cm³/mol. The van der Waals surface area contributed by atoms with Crippen LogP contribution in [0.5, 0.6) is 0 Å². The van der Waals surface area contributed by atoms with E-state index in [2.05, 4.69) is 20.8 Å². The molecule has 0 fully saturated rings. The van der Waals surface area contributed by atoms with Gasteiger partial charge in [0.15, 0.2) is 0 Å². The third-order valence-corrected chi connectivity index (χ3v) is 4.66. The number of rotatable bonds is 6. The van der Waals surface area contributed by atoms with Gasteiger partial charge in [0.25, 0.3) is 0 Å². The number of benzene rings is 3. The van der Waals surface area contributed by atoms with Crippen molar-refractivity contribution in [1.29, 1.82) is 0 Å². The average molecular weight is 384 g/mol. The van der Waals surface area contributed by atoms with Gasteiger partial charge in [-0.25, -0.2) is 5.43 Å². The summed E-state index contributed by atoms with van der Waals surface area (Å²) in [6.07, 6.45) is 3.56. The summed E-state index contributed by atoms with van der Waals surface area (Å²) in [5.74, 6) is -0.522. The zero-order valence-corrected chi connectivity index (χ0v) is 15.7. The second kappa shape index (κ2) is 8.39. The average Bonchev–Trinajstić information content (AvgIpc) is 3.16. The minimum absolute atomic E-state index is 0.0574. The van der Waals surface area contributed by atoms with Crippen LogP contribution in [0.25, 0.3) is 21.7 Å². The van der Waals surface area contributed by atoms with Crippen LogP contribution in [-0.4, -0.2) is 23.0 Å². The Balaban J connectivity index is 1.29. The van der Waals surface area contributed by atoms with E-state index in [1.165, 1.54) is 0 Å². The summed E-state index contributed by atoms with van der Waals surface area (Å²) in [5, 5.41) is 9.91. The molecule has 0 aliphatic rings. The maximum atomic E-state index is 12.2. The van der Waals surface area contributed by atoms with Crippen molar-refractivity contribution in [2.75, 3.05) is 5.32 Å². The zero-order chi connectivity index (χ0) is 20.1. The Labute approximate surface area is 167 Å². The van der Waals surface area contributed by atoms with Crippen LogP contribution in [0.2, 0.25) is 0 Å². The first kappa shape index (κ1) is 18.4. The highest BCUT2D eigenvalue weighted by atomic mass is 16.2. The number of fused-ring (bicyclic) bond motifs is 2. The Bertz CT molecular complexity index is 1200. The Morgan fingerprint density at radius 1 is 0.862 bits per heavy atom. The molecule has 0 saturated carbocycles. The number of hydrogen-bond acceptors (Lipinski definition) is 3. The number of hydrogen-bond donors (Lipinski definition) is 3. The van der Waals surface area contributed by atoms with Crippen molar-refractivity contribution >= 4 is 45.4 Å². The third kappa shape index (κ3) is 4.32. The maximum absolute atomic E-state index is 12.2. The predicted octanol–water partition coefficient (Wildman–Crippen LogP) is 4.19. The third-order valence-electron chi connectivity index (χ3n) is 4.66. The lowest BCUT2D eigenvalue weighted by molar-refractivity contribution is -0.124. The van der Waals surface area contributed by atoms with Gasteiger partial charge in [-0.05, 0) is 17.5 Å². The van der Waals surface area contributed by atoms with Crippen LogP contribution >= 0.6 is 0 Å². The number of carbonyl (C=O) groups excluding carboxylic acids is 2. The molecule has 3 N–H and O–H groups in total. The Morgan fingerprint density at radius 2 is 1.59 bits per heavy atom. The van der Waals surface area contributed by atoms with E-state index in [1.54, 1.807) is 6.21 Å². The molecule has 0 atom stereocenters. The van der Waals surface area contributed by atoms with Crippen LogP contribution in [0.4, 0.5) is 5.69 Å². The van der Waals surface area contributed by atoms with Crippen LogP contribution in [-0.2, 0) is 9.59 Å². The number of nitrogens with zero attached hydrogens (tertiary/aromatic N) is 1. The van der Waals surface area contributed by atoms with Crippen LogP contribution in [0, 0.1) is 0 Å². The smallest absolute Gasteiger partial charge is 0.240 e. The van der Waals surface area contributed by atoms with Gasteiger partial charge in [0, 0.05) is 46.6 Å². The lowest BCUT2D eigenvalue weighted by atomic mass is 10.1. The van der Waals surface area contributed by atoms with E-state index in [-0.39, 0.29) is 24.7 Å². The number of amides is 2. The number of nitrogens with one attached hydrogen (secondary N) is 3. The largest absolute Gasteiger partial charge is 0.361 e. The highest BCUT2D eigenvalue weighted by Crippen LogP contribution is 2.23. The van der Waals surface area contributed by atoms with E-state index in [4.69, 9.17) is 0 Å². The summed E-state index contributed by atoms with van der Waals surface area (Å²) in [5.41, 5.74) is 5.10. The lowest BCUT2D eigenvalue weighted by Gasteiger charge is -2.08. The van der Waals surface area contributed by atoms with E-state index >= 15 is 0 Å². The van der Waals surface area contributed by atoms with E-state index in [0.29, 0.717) is 0 Å². The van der Waals surface area contributed by atoms with Gasteiger partial charge in [0.1, 0.15) is 0 Å². The number of H-pyrrole nitrogens is 1. The first-order valence-corrected chi connectivity index (χ1v) is 9.36. The minimum atomic E-state index is -0.311. The molecule has 6 heteroatoms. The fourth-order valence-corrected chi connectivity index (χ4v) is 3.20. The molecule has 0 bridgehead atoms. The number of hydrazone groups is 1. The molecular weight excluding hydrogens is 364 g/mol. The van der Waals surface area contributed by atoms with Crippen molar-refractivity contribution in [3.63, 3.8) is 0 Å². The molecule has 4 rings (SSSR count). The van der Waals surface area contributed by atoms with Gasteiger partial charge in [0.05, 0.1) is 6.21 Å². The molecule has 0 aliphatic carbocycles. The van der Waals surface area contributed by atoms with Gasteiger partial charge < -0.3 is 10.3 Å². The Kier molecular flexibility index (Phi) is 5.33. The molecular formula is C23H20N4O2. The zero-order valence-electron chi connectivity index (χ0n) is 15.7. The second-order valence-corrected chi connectivity index (χ2v) is 6.66. The molecule has 4 aromatic rings. The first-order valence-electron chi connectivity index (χ1n) is 9.36. The summed E-state index contributed by atoms with van der Waals surface area (Å²) in [6, 6.07) is 21.4. The topological polar surface area (TPSA) is 86.3 Å². The highest BCUT2D eigenvalue weighted by molar-refractivity contribution is 6.03. The molecule has 6 nitrogen and oxygen atoms in total. The maximum Gasteiger partial charge on any atom is 0.240 e. The van der Waals surface area contributed by atoms with Gasteiger partial charge in [0.2, 0.25) is 11.8 Å². The van der Waals surface area contributed by atoms with Crippen LogP contribution in [0.15, 0.2) is 78.0 Å². The molecule has 29 heavy (non-hydrogen) atoms. The van der Waals surface area contributed by atoms with Crippen molar-refractivity contribution in [2.24, 2.45) is 5.10 Å². The normalized spacial score (nSPS) is 11.2. The van der Waals surface area contributed by atoms with Gasteiger partial charge >= 0.3 is 0 Å². The monoisotopic (exact) mass is 384 g/mol. The number of anilines is 1. The second-order valence-electron chi connectivity index (χ2n) is 6.66. The summed E-state index contributed by atoms with van der Waals surface area (Å²) >= 11 is 0. The molecule has 0 radical (unpaired) electrons. The summed E-state index contributed by atoms with van der Waals surface area (Å²) in [7, 11) is 0. The van der Waals surface area contributed by atoms with E-state index in [0.717, 1.165) is 32.9 Å². The molecule has 0 unspecified atom stereocenters. The van der Waals surface area contributed by atoms with Crippen molar-refractivity contribution in [1.82, 2.24) is 10.4 Å². The van der Waals surface area contributed by atoms with Crippen LogP contribution in [0.1, 0.15) is 18.4 Å². The van der Waals surface area contributed by atoms with Crippen LogP contribution in [0.3, 0.4) is 0 Å². The molecule has 1 aromatic heterocycles. The van der Waals surface area contributed by atoms with Crippen molar-refractivity contribution in [2.45, 2.75) is 12.8 Å². The molecule has 0 saturated heterocycles. The standard InChI is InChI=1S/C23H20N4O2/c28-22(26-21-11-5-7-16-6-1-2-8-18(16)21)12-13-23(29)27-25-15-17-14-24-20-10-4-3-9-19(17)20/h1-11,14-15,24H,12-13H2,(H,26,28)(H,27,29)/b25-15+. The number of aromatic amines is 1. The fraction of sp³-hybridized carbons (Fsp3) is 0.0870. The molecule has 0 aliphatic heterocycles. The quantitative estimate of drug-likeness (QED) is 0.344. The lowest BCUT2D eigenvalue weighted by Crippen LogP contribution is -2.20. The summed E-state index contributed by atoms with van der Waals surface area (Å²) in [6.45, 7) is 0. The molecule has 0 spiro atoms. The summed E-state index contributed by atoms with van der Waals surface area (Å²) in [4.78, 5) is 27.4. The number of para-hydroxylation sites is 1. The van der Waals surface area contributed by atoms with Crippen molar-refractivity contribution in [3.05, 3.63) is 78.5 Å². The van der Waals surface area contributed by atoms with Crippen LogP contribution < -0.4 is 10.7 Å². The Morgan fingerprint density at radius 3 is 2.48 bits per heavy atom. The van der Waals surface area contributed by atoms with Gasteiger partial charge in [-0.1, -0.05) is 54.6 Å². The first-order chi connectivity index (χ1) is 14.2. The molecule has 2 amide bonds. The van der Waals surface area contributed by atoms with Gasteiger partial charge in [-0.3, -0.25) is 9.59 Å². The van der Waals surface area contributed by atoms with E-state index in [1.807, 2.05) is 72.9 Å². The van der Waals surface area contributed by atoms with Gasteiger partial charge in [-0.2, -0.15) is 5.10 Å². The molecule has 144 valence electrons. The number of aromatic nitrogens is 1. The SMILES string of the molecule is O=C(CCC(=O)Nc1cccc2ccccc12)N/N=C/c1c[nH]c2ccccc12. The van der Waals surface area contributed by atoms with Crippen molar-refractivity contribution < 1.29 is 9.59 Å². The van der Waals surface area contributed by atoms with Crippen molar-refractivity contribution in [3.8, 4) is 0 Å². The Hall–Kier alpha value is -3.93. The highest BCUT2D eigenvalue weighted by Gasteiger charge is 2.08. The van der Waals surface area contributed by atoms with E-state index in [9.17, 15) is 9.59 Å². The summed E-state index contributed by atoms with van der Waals surface area (Å²) < 4.78 is 0.